The van der Waals surface area contributed by atoms with Crippen LogP contribution in [0.2, 0.25) is 0 Å². The Morgan fingerprint density at radius 2 is 1.85 bits per heavy atom. The third-order valence-corrected chi connectivity index (χ3v) is 5.57. The van der Waals surface area contributed by atoms with Crippen LogP contribution in [0.15, 0.2) is 18.2 Å². The van der Waals surface area contributed by atoms with Crippen molar-refractivity contribution in [3.05, 3.63) is 34.9 Å². The molecule has 0 atom stereocenters. The van der Waals surface area contributed by atoms with Crippen LogP contribution >= 0.6 is 15.9 Å². The lowest BCUT2D eigenvalue weighted by Crippen LogP contribution is -2.38. The minimum Gasteiger partial charge on any atom is -0.355 e. The molecule has 0 aliphatic rings. The van der Waals surface area contributed by atoms with Gasteiger partial charge in [-0.15, -0.1) is 0 Å². The number of alkyl halides is 1. The van der Waals surface area contributed by atoms with Gasteiger partial charge in [0.2, 0.25) is 5.91 Å². The maximum atomic E-state index is 12.1. The summed E-state index contributed by atoms with van der Waals surface area (Å²) in [6.07, 6.45) is 2.60. The highest BCUT2D eigenvalue weighted by Gasteiger charge is 2.25. The lowest BCUT2D eigenvalue weighted by Gasteiger charge is -2.29. The summed E-state index contributed by atoms with van der Waals surface area (Å²) in [4.78, 5) is 12.1. The Morgan fingerprint density at radius 3 is 2.35 bits per heavy atom. The van der Waals surface area contributed by atoms with E-state index in [1.165, 1.54) is 11.1 Å². The quantitative estimate of drug-likeness (QED) is 0.742. The average Bonchev–Trinajstić information content (AvgIpc) is 2.45. The molecule has 112 valence electrons. The van der Waals surface area contributed by atoms with Crippen molar-refractivity contribution in [2.75, 3.05) is 11.9 Å². The van der Waals surface area contributed by atoms with Crippen LogP contribution in [0.4, 0.5) is 0 Å². The largest absolute Gasteiger partial charge is 0.355 e. The maximum absolute atomic E-state index is 12.1. The first-order chi connectivity index (χ1) is 9.46. The van der Waals surface area contributed by atoms with Crippen LogP contribution in [-0.4, -0.2) is 17.8 Å². The molecule has 0 aromatic heterocycles. The standard InChI is InChI=1S/C17H26BrNO/c1-5-17(6-2,11-18)12-19-16(20)10-15-8-7-13(3)14(4)9-15/h7-9H,5-6,10-12H2,1-4H3,(H,19,20). The van der Waals surface area contributed by atoms with E-state index in [4.69, 9.17) is 0 Å². The van der Waals surface area contributed by atoms with Crippen molar-refractivity contribution in [3.63, 3.8) is 0 Å². The van der Waals surface area contributed by atoms with E-state index in [9.17, 15) is 4.79 Å². The highest BCUT2D eigenvalue weighted by Crippen LogP contribution is 2.27. The molecule has 0 unspecified atom stereocenters. The molecule has 1 aromatic rings. The fourth-order valence-electron chi connectivity index (χ4n) is 2.18. The highest BCUT2D eigenvalue weighted by molar-refractivity contribution is 9.09. The van der Waals surface area contributed by atoms with Crippen molar-refractivity contribution in [2.24, 2.45) is 5.41 Å². The number of hydrogen-bond acceptors (Lipinski definition) is 1. The van der Waals surface area contributed by atoms with Crippen LogP contribution in [0.25, 0.3) is 0 Å². The first-order valence-corrected chi connectivity index (χ1v) is 8.47. The summed E-state index contributed by atoms with van der Waals surface area (Å²) < 4.78 is 0. The molecule has 0 saturated heterocycles. The summed E-state index contributed by atoms with van der Waals surface area (Å²) in [6, 6.07) is 6.23. The molecular formula is C17H26BrNO. The molecule has 2 nitrogen and oxygen atoms in total. The van der Waals surface area contributed by atoms with Crippen molar-refractivity contribution in [1.29, 1.82) is 0 Å². The Morgan fingerprint density at radius 1 is 1.20 bits per heavy atom. The van der Waals surface area contributed by atoms with E-state index >= 15 is 0 Å². The fraction of sp³-hybridized carbons (Fsp3) is 0.588. The number of nitrogens with one attached hydrogen (secondary N) is 1. The number of carbonyl (C=O) groups is 1. The van der Waals surface area contributed by atoms with Gasteiger partial charge in [-0.1, -0.05) is 48.0 Å². The highest BCUT2D eigenvalue weighted by atomic mass is 79.9. The van der Waals surface area contributed by atoms with Gasteiger partial charge in [-0.3, -0.25) is 4.79 Å². The van der Waals surface area contributed by atoms with Crippen LogP contribution in [0.1, 0.15) is 43.4 Å². The third-order valence-electron chi connectivity index (χ3n) is 4.38. The van der Waals surface area contributed by atoms with Crippen LogP contribution in [0, 0.1) is 19.3 Å². The molecule has 0 saturated carbocycles. The number of halogens is 1. The second-order valence-corrected chi connectivity index (χ2v) is 6.27. The van der Waals surface area contributed by atoms with E-state index < -0.39 is 0 Å². The van der Waals surface area contributed by atoms with Crippen molar-refractivity contribution >= 4 is 21.8 Å². The van der Waals surface area contributed by atoms with Crippen molar-refractivity contribution in [2.45, 2.75) is 47.0 Å². The van der Waals surface area contributed by atoms with Crippen LogP contribution in [0.5, 0.6) is 0 Å². The number of amides is 1. The number of aryl methyl sites for hydroxylation is 2. The zero-order valence-electron chi connectivity index (χ0n) is 13.1. The van der Waals surface area contributed by atoms with Gasteiger partial charge in [0.25, 0.3) is 0 Å². The summed E-state index contributed by atoms with van der Waals surface area (Å²) in [6.45, 7) is 9.28. The van der Waals surface area contributed by atoms with Crippen LogP contribution in [-0.2, 0) is 11.2 Å². The number of hydrogen-bond donors (Lipinski definition) is 1. The van der Waals surface area contributed by atoms with Gasteiger partial charge in [0.1, 0.15) is 0 Å². The second kappa shape index (κ2) is 7.82. The minimum atomic E-state index is 0.112. The first-order valence-electron chi connectivity index (χ1n) is 7.35. The van der Waals surface area contributed by atoms with Crippen molar-refractivity contribution < 1.29 is 4.79 Å². The Balaban J connectivity index is 2.57. The van der Waals surface area contributed by atoms with E-state index in [-0.39, 0.29) is 11.3 Å². The predicted octanol–water partition coefficient (Wildman–Crippen LogP) is 4.16. The number of carbonyl (C=O) groups excluding carboxylic acids is 1. The number of benzene rings is 1. The molecule has 0 spiro atoms. The Kier molecular flexibility index (Phi) is 6.74. The Bertz CT molecular complexity index is 444. The average molecular weight is 340 g/mol. The molecule has 0 fully saturated rings. The maximum Gasteiger partial charge on any atom is 0.224 e. The van der Waals surface area contributed by atoms with Gasteiger partial charge in [-0.2, -0.15) is 0 Å². The summed E-state index contributed by atoms with van der Waals surface area (Å²) in [7, 11) is 0. The smallest absolute Gasteiger partial charge is 0.224 e. The summed E-state index contributed by atoms with van der Waals surface area (Å²) in [5, 5.41) is 4.02. The van der Waals surface area contributed by atoms with Gasteiger partial charge in [0.15, 0.2) is 0 Å². The van der Waals surface area contributed by atoms with Crippen molar-refractivity contribution in [1.82, 2.24) is 5.32 Å². The van der Waals surface area contributed by atoms with Gasteiger partial charge < -0.3 is 5.32 Å². The molecule has 1 N–H and O–H groups in total. The molecule has 1 aromatic carbocycles. The van der Waals surface area contributed by atoms with Gasteiger partial charge in [0.05, 0.1) is 6.42 Å². The molecule has 0 aliphatic carbocycles. The summed E-state index contributed by atoms with van der Waals surface area (Å²) >= 11 is 3.58. The van der Waals surface area contributed by atoms with Gasteiger partial charge in [0, 0.05) is 11.9 Å². The second-order valence-electron chi connectivity index (χ2n) is 5.71. The molecular weight excluding hydrogens is 314 g/mol. The van der Waals surface area contributed by atoms with Gasteiger partial charge in [-0.05, 0) is 48.8 Å². The lowest BCUT2D eigenvalue weighted by atomic mass is 9.84. The Hall–Kier alpha value is -0.830. The molecule has 0 radical (unpaired) electrons. The van der Waals surface area contributed by atoms with E-state index in [1.54, 1.807) is 0 Å². The topological polar surface area (TPSA) is 29.1 Å². The normalized spacial score (nSPS) is 11.4. The van der Waals surface area contributed by atoms with E-state index in [0.717, 1.165) is 30.3 Å². The third kappa shape index (κ3) is 4.62. The van der Waals surface area contributed by atoms with Crippen LogP contribution < -0.4 is 5.32 Å². The molecule has 1 rings (SSSR count). The molecule has 3 heteroatoms. The molecule has 1 amide bonds. The van der Waals surface area contributed by atoms with Gasteiger partial charge in [-0.25, -0.2) is 0 Å². The molecule has 20 heavy (non-hydrogen) atoms. The SMILES string of the molecule is CCC(CC)(CBr)CNC(=O)Cc1ccc(C)c(C)c1. The fourth-order valence-corrected chi connectivity index (χ4v) is 3.17. The molecule has 0 bridgehead atoms. The Labute approximate surface area is 131 Å². The molecule has 0 heterocycles. The lowest BCUT2D eigenvalue weighted by molar-refractivity contribution is -0.120. The molecule has 0 aliphatic heterocycles. The first kappa shape index (κ1) is 17.2. The zero-order chi connectivity index (χ0) is 15.2. The van der Waals surface area contributed by atoms with Crippen molar-refractivity contribution in [3.8, 4) is 0 Å². The van der Waals surface area contributed by atoms with Gasteiger partial charge >= 0.3 is 0 Å². The zero-order valence-corrected chi connectivity index (χ0v) is 14.6. The van der Waals surface area contributed by atoms with E-state index in [2.05, 4.69) is 61.1 Å². The minimum absolute atomic E-state index is 0.112. The summed E-state index contributed by atoms with van der Waals surface area (Å²) in [5.41, 5.74) is 3.78. The number of rotatable bonds is 7. The summed E-state index contributed by atoms with van der Waals surface area (Å²) in [5.74, 6) is 0.112. The van der Waals surface area contributed by atoms with E-state index in [0.29, 0.717) is 6.42 Å². The monoisotopic (exact) mass is 339 g/mol. The van der Waals surface area contributed by atoms with Crippen LogP contribution in [0.3, 0.4) is 0 Å². The van der Waals surface area contributed by atoms with E-state index in [1.807, 2.05) is 6.07 Å². The predicted molar refractivity (Wildman–Crippen MR) is 89.4 cm³/mol.